The quantitative estimate of drug-likeness (QED) is 0.490. The Morgan fingerprint density at radius 1 is 1.14 bits per heavy atom. The lowest BCUT2D eigenvalue weighted by atomic mass is 10.2. The molecule has 0 N–H and O–H groups in total. The van der Waals surface area contributed by atoms with E-state index >= 15 is 0 Å². The van der Waals surface area contributed by atoms with Crippen LogP contribution in [0.5, 0.6) is 0 Å². The van der Waals surface area contributed by atoms with Crippen LogP contribution in [-0.4, -0.2) is 16.8 Å². The largest absolute Gasteiger partial charge is 0.298 e. The van der Waals surface area contributed by atoms with Gasteiger partial charge in [0, 0.05) is 26.3 Å². The third-order valence-electron chi connectivity index (χ3n) is 3.24. The molecule has 0 aliphatic rings. The molecule has 0 spiro atoms. The van der Waals surface area contributed by atoms with Gasteiger partial charge in [0.25, 0.3) is 5.91 Å². The second-order valence-corrected chi connectivity index (χ2v) is 5.68. The molecule has 0 bridgehead atoms. The van der Waals surface area contributed by atoms with Crippen molar-refractivity contribution < 1.29 is 14.0 Å². The maximum Gasteiger partial charge on any atom is 0.262 e. The van der Waals surface area contributed by atoms with Crippen LogP contribution in [0, 0.1) is 9.39 Å². The number of rotatable bonds is 2. The molecular formula is C16H9FINO2. The van der Waals surface area contributed by atoms with Gasteiger partial charge in [0.05, 0.1) is 5.52 Å². The summed E-state index contributed by atoms with van der Waals surface area (Å²) in [6.07, 6.45) is 2.25. The van der Waals surface area contributed by atoms with E-state index in [1.807, 2.05) is 12.1 Å². The number of hydrogen-bond donors (Lipinski definition) is 0. The van der Waals surface area contributed by atoms with Crippen LogP contribution in [0.3, 0.4) is 0 Å². The number of carbonyl (C=O) groups excluding carboxylic acids is 2. The molecule has 0 saturated heterocycles. The highest BCUT2D eigenvalue weighted by Crippen LogP contribution is 2.26. The van der Waals surface area contributed by atoms with Gasteiger partial charge in [-0.15, -0.1) is 0 Å². The van der Waals surface area contributed by atoms with Crippen molar-refractivity contribution in [1.82, 2.24) is 4.57 Å². The normalized spacial score (nSPS) is 10.8. The lowest BCUT2D eigenvalue weighted by Crippen LogP contribution is -2.10. The van der Waals surface area contributed by atoms with Gasteiger partial charge in [0.15, 0.2) is 6.29 Å². The zero-order valence-electron chi connectivity index (χ0n) is 10.7. The zero-order chi connectivity index (χ0) is 15.0. The van der Waals surface area contributed by atoms with Crippen LogP contribution in [0.4, 0.5) is 4.39 Å². The first kappa shape index (κ1) is 13.9. The molecule has 0 amide bonds. The fourth-order valence-corrected chi connectivity index (χ4v) is 3.06. The molecule has 0 radical (unpaired) electrons. The number of halogens is 2. The highest BCUT2D eigenvalue weighted by molar-refractivity contribution is 14.1. The molecule has 0 unspecified atom stereocenters. The van der Waals surface area contributed by atoms with Crippen LogP contribution in [-0.2, 0) is 0 Å². The fourth-order valence-electron chi connectivity index (χ4n) is 2.26. The molecule has 21 heavy (non-hydrogen) atoms. The molecule has 2 aromatic carbocycles. The summed E-state index contributed by atoms with van der Waals surface area (Å²) in [6, 6.07) is 10.8. The zero-order valence-corrected chi connectivity index (χ0v) is 12.9. The third-order valence-corrected chi connectivity index (χ3v) is 4.14. The van der Waals surface area contributed by atoms with Crippen LogP contribution >= 0.6 is 22.6 Å². The number of aldehydes is 1. The van der Waals surface area contributed by atoms with Gasteiger partial charge in [-0.2, -0.15) is 0 Å². The van der Waals surface area contributed by atoms with Crippen molar-refractivity contribution in [3.05, 3.63) is 69.2 Å². The Bertz CT molecular complexity index is 853. The lowest BCUT2D eigenvalue weighted by Gasteiger charge is -2.04. The van der Waals surface area contributed by atoms with Crippen molar-refractivity contribution in [2.75, 3.05) is 0 Å². The molecule has 0 aliphatic heterocycles. The van der Waals surface area contributed by atoms with Crippen molar-refractivity contribution in [3.63, 3.8) is 0 Å². The molecule has 0 aliphatic carbocycles. The number of fused-ring (bicyclic) bond motifs is 1. The molecule has 1 heterocycles. The number of carbonyl (C=O) groups is 2. The van der Waals surface area contributed by atoms with Crippen molar-refractivity contribution in [2.24, 2.45) is 0 Å². The minimum absolute atomic E-state index is 0.296. The summed E-state index contributed by atoms with van der Waals surface area (Å²) in [5, 5.41) is 0.753. The Balaban J connectivity index is 2.21. The predicted molar refractivity (Wildman–Crippen MR) is 86.2 cm³/mol. The summed E-state index contributed by atoms with van der Waals surface area (Å²) in [5.74, 6) is -0.692. The van der Waals surface area contributed by atoms with Gasteiger partial charge in [-0.05, 0) is 59.0 Å². The topological polar surface area (TPSA) is 39.1 Å². The molecule has 3 aromatic rings. The summed E-state index contributed by atoms with van der Waals surface area (Å²) in [7, 11) is 0. The Morgan fingerprint density at radius 3 is 2.52 bits per heavy atom. The Kier molecular flexibility index (Phi) is 3.59. The maximum absolute atomic E-state index is 13.0. The van der Waals surface area contributed by atoms with E-state index in [-0.39, 0.29) is 5.91 Å². The molecule has 3 rings (SSSR count). The van der Waals surface area contributed by atoms with E-state index in [0.29, 0.717) is 16.6 Å². The van der Waals surface area contributed by atoms with Gasteiger partial charge in [0.2, 0.25) is 0 Å². The van der Waals surface area contributed by atoms with Gasteiger partial charge in [-0.25, -0.2) is 4.39 Å². The summed E-state index contributed by atoms with van der Waals surface area (Å²) < 4.78 is 15.3. The van der Waals surface area contributed by atoms with Crippen LogP contribution < -0.4 is 0 Å². The van der Waals surface area contributed by atoms with E-state index in [4.69, 9.17) is 0 Å². The van der Waals surface area contributed by atoms with Gasteiger partial charge in [-0.3, -0.25) is 14.2 Å². The average molecular weight is 393 g/mol. The van der Waals surface area contributed by atoms with E-state index in [1.165, 1.54) is 35.0 Å². The predicted octanol–water partition coefficient (Wildman–Crippen LogP) is 3.89. The second-order valence-electron chi connectivity index (χ2n) is 4.52. The van der Waals surface area contributed by atoms with Crippen LogP contribution in [0.2, 0.25) is 0 Å². The molecule has 5 heteroatoms. The monoisotopic (exact) mass is 393 g/mol. The van der Waals surface area contributed by atoms with Crippen molar-refractivity contribution in [3.8, 4) is 0 Å². The highest BCUT2D eigenvalue weighted by atomic mass is 127. The van der Waals surface area contributed by atoms with Crippen molar-refractivity contribution >= 4 is 45.7 Å². The highest BCUT2D eigenvalue weighted by Gasteiger charge is 2.16. The van der Waals surface area contributed by atoms with E-state index < -0.39 is 5.82 Å². The van der Waals surface area contributed by atoms with Gasteiger partial charge < -0.3 is 0 Å². The SMILES string of the molecule is O=Cc1cn(C(=O)c2ccc(F)cc2)c2cccc(I)c12. The molecule has 3 nitrogen and oxygen atoms in total. The summed E-state index contributed by atoms with van der Waals surface area (Å²) in [6.45, 7) is 0. The molecule has 0 atom stereocenters. The fraction of sp³-hybridized carbons (Fsp3) is 0. The smallest absolute Gasteiger partial charge is 0.262 e. The van der Waals surface area contributed by atoms with E-state index in [1.54, 1.807) is 6.07 Å². The van der Waals surface area contributed by atoms with Crippen molar-refractivity contribution in [2.45, 2.75) is 0 Å². The van der Waals surface area contributed by atoms with Crippen LogP contribution in [0.15, 0.2) is 48.7 Å². The van der Waals surface area contributed by atoms with Gasteiger partial charge in [-0.1, -0.05) is 6.07 Å². The second kappa shape index (κ2) is 5.40. The van der Waals surface area contributed by atoms with Gasteiger partial charge in [0.1, 0.15) is 5.82 Å². The molecular weight excluding hydrogens is 384 g/mol. The molecule has 104 valence electrons. The third kappa shape index (κ3) is 2.37. The van der Waals surface area contributed by atoms with E-state index in [0.717, 1.165) is 15.2 Å². The first-order valence-electron chi connectivity index (χ1n) is 6.17. The van der Waals surface area contributed by atoms with Crippen LogP contribution in [0.1, 0.15) is 20.7 Å². The summed E-state index contributed by atoms with van der Waals surface area (Å²) in [5.41, 5.74) is 1.49. The number of hydrogen-bond acceptors (Lipinski definition) is 2. The Morgan fingerprint density at radius 2 is 1.86 bits per heavy atom. The number of aromatic nitrogens is 1. The minimum atomic E-state index is -0.396. The Labute approximate surface area is 133 Å². The van der Waals surface area contributed by atoms with E-state index in [2.05, 4.69) is 22.6 Å². The maximum atomic E-state index is 13.0. The summed E-state index contributed by atoms with van der Waals surface area (Å²) >= 11 is 2.13. The number of benzene rings is 2. The average Bonchev–Trinajstić information content (AvgIpc) is 2.87. The first-order valence-corrected chi connectivity index (χ1v) is 7.24. The molecule has 0 saturated carbocycles. The Hall–Kier alpha value is -2.02. The van der Waals surface area contributed by atoms with Crippen molar-refractivity contribution in [1.29, 1.82) is 0 Å². The van der Waals surface area contributed by atoms with Gasteiger partial charge >= 0.3 is 0 Å². The minimum Gasteiger partial charge on any atom is -0.298 e. The summed E-state index contributed by atoms with van der Waals surface area (Å²) in [4.78, 5) is 23.7. The van der Waals surface area contributed by atoms with E-state index in [9.17, 15) is 14.0 Å². The molecule has 1 aromatic heterocycles. The standard InChI is InChI=1S/C16H9FINO2/c17-12-6-4-10(5-7-12)16(21)19-8-11(9-20)15-13(18)2-1-3-14(15)19/h1-9H. The lowest BCUT2D eigenvalue weighted by molar-refractivity contribution is 0.0965. The number of nitrogens with zero attached hydrogens (tertiary/aromatic N) is 1. The van der Waals surface area contributed by atoms with Crippen LogP contribution in [0.25, 0.3) is 10.9 Å². The first-order chi connectivity index (χ1) is 10.1. The molecule has 0 fully saturated rings.